The molecule has 0 bridgehead atoms. The molecule has 100 valence electrons. The van der Waals surface area contributed by atoms with E-state index in [-0.39, 0.29) is 18.1 Å². The number of aromatic nitrogens is 2. The molecule has 1 aliphatic rings. The Balaban J connectivity index is 2.43. The van der Waals surface area contributed by atoms with Gasteiger partial charge in [0.2, 0.25) is 0 Å². The Labute approximate surface area is 111 Å². The summed E-state index contributed by atoms with van der Waals surface area (Å²) in [4.78, 5) is 23.8. The minimum absolute atomic E-state index is 0.0625. The van der Waals surface area contributed by atoms with Crippen molar-refractivity contribution in [2.45, 2.75) is 39.2 Å². The summed E-state index contributed by atoms with van der Waals surface area (Å²) in [5.41, 5.74) is 1.25. The molecule has 0 radical (unpaired) electrons. The molecule has 6 nitrogen and oxygen atoms in total. The van der Waals surface area contributed by atoms with E-state index in [4.69, 9.17) is 10.00 Å². The Bertz CT molecular complexity index is 554. The van der Waals surface area contributed by atoms with Crippen LogP contribution in [0.5, 0.6) is 0 Å². The predicted octanol–water partition coefficient (Wildman–Crippen LogP) is 1.49. The fourth-order valence-corrected chi connectivity index (χ4v) is 2.27. The van der Waals surface area contributed by atoms with E-state index in [1.165, 1.54) is 0 Å². The lowest BCUT2D eigenvalue weighted by atomic mass is 9.94. The number of carbonyl (C=O) groups is 2. The van der Waals surface area contributed by atoms with Crippen LogP contribution < -0.4 is 0 Å². The first kappa shape index (κ1) is 13.3. The second-order valence-corrected chi connectivity index (χ2v) is 4.30. The summed E-state index contributed by atoms with van der Waals surface area (Å²) in [6.45, 7) is 2.34. The highest BCUT2D eigenvalue weighted by Crippen LogP contribution is 2.25. The fourth-order valence-electron chi connectivity index (χ4n) is 2.27. The maximum atomic E-state index is 12.0. The maximum absolute atomic E-state index is 12.0. The van der Waals surface area contributed by atoms with Crippen molar-refractivity contribution in [3.05, 3.63) is 17.0 Å². The van der Waals surface area contributed by atoms with Gasteiger partial charge in [-0.25, -0.2) is 4.79 Å². The van der Waals surface area contributed by atoms with E-state index >= 15 is 0 Å². The van der Waals surface area contributed by atoms with Crippen molar-refractivity contribution < 1.29 is 14.3 Å². The summed E-state index contributed by atoms with van der Waals surface area (Å²) in [6.07, 6.45) is 2.19. The van der Waals surface area contributed by atoms with Crippen molar-refractivity contribution >= 4 is 11.8 Å². The van der Waals surface area contributed by atoms with Gasteiger partial charge in [0.05, 0.1) is 36.9 Å². The first-order valence-electron chi connectivity index (χ1n) is 6.36. The summed E-state index contributed by atoms with van der Waals surface area (Å²) in [5, 5.41) is 12.8. The van der Waals surface area contributed by atoms with Gasteiger partial charge < -0.3 is 4.74 Å². The number of hydrogen-bond acceptors (Lipinski definition) is 5. The van der Waals surface area contributed by atoms with Crippen LogP contribution in [0.4, 0.5) is 0 Å². The Morgan fingerprint density at radius 2 is 2.32 bits per heavy atom. The van der Waals surface area contributed by atoms with Gasteiger partial charge in [-0.2, -0.15) is 10.4 Å². The van der Waals surface area contributed by atoms with Crippen molar-refractivity contribution in [1.82, 2.24) is 9.78 Å². The van der Waals surface area contributed by atoms with Gasteiger partial charge in [0.15, 0.2) is 11.5 Å². The molecule has 0 unspecified atom stereocenters. The molecule has 1 aromatic rings. The molecule has 1 aromatic heterocycles. The quantitative estimate of drug-likeness (QED) is 0.766. The van der Waals surface area contributed by atoms with Crippen LogP contribution in [0.15, 0.2) is 0 Å². The second kappa shape index (κ2) is 5.65. The molecule has 0 N–H and O–H groups in total. The largest absolute Gasteiger partial charge is 0.461 e. The van der Waals surface area contributed by atoms with Gasteiger partial charge in [-0.3, -0.25) is 9.48 Å². The van der Waals surface area contributed by atoms with Gasteiger partial charge in [0.1, 0.15) is 0 Å². The van der Waals surface area contributed by atoms with Crippen LogP contribution in [-0.2, 0) is 17.7 Å². The molecule has 2 rings (SSSR count). The zero-order valence-electron chi connectivity index (χ0n) is 10.8. The molecule has 19 heavy (non-hydrogen) atoms. The first-order chi connectivity index (χ1) is 9.19. The number of nitriles is 1. The average Bonchev–Trinajstić information content (AvgIpc) is 2.77. The third-order valence-electron chi connectivity index (χ3n) is 3.06. The van der Waals surface area contributed by atoms with Gasteiger partial charge in [0, 0.05) is 6.42 Å². The number of carbonyl (C=O) groups excluding carboxylic acids is 2. The van der Waals surface area contributed by atoms with Crippen molar-refractivity contribution in [2.24, 2.45) is 0 Å². The average molecular weight is 261 g/mol. The van der Waals surface area contributed by atoms with Crippen LogP contribution in [0.2, 0.25) is 0 Å². The molecule has 0 spiro atoms. The van der Waals surface area contributed by atoms with Gasteiger partial charge >= 0.3 is 5.97 Å². The highest BCUT2D eigenvalue weighted by atomic mass is 16.5. The molecule has 6 heteroatoms. The monoisotopic (exact) mass is 261 g/mol. The number of ketones is 1. The number of esters is 1. The highest BCUT2D eigenvalue weighted by Gasteiger charge is 2.30. The van der Waals surface area contributed by atoms with E-state index in [2.05, 4.69) is 5.10 Å². The Kier molecular flexibility index (Phi) is 3.95. The number of nitrogens with zero attached hydrogens (tertiary/aromatic N) is 3. The van der Waals surface area contributed by atoms with Crippen LogP contribution >= 0.6 is 0 Å². The Morgan fingerprint density at radius 1 is 1.53 bits per heavy atom. The summed E-state index contributed by atoms with van der Waals surface area (Å²) in [5.74, 6) is -0.628. The van der Waals surface area contributed by atoms with E-state index < -0.39 is 5.97 Å². The molecule has 0 saturated carbocycles. The number of ether oxygens (including phenoxy) is 1. The molecule has 0 atom stereocenters. The smallest absolute Gasteiger partial charge is 0.359 e. The second-order valence-electron chi connectivity index (χ2n) is 4.30. The highest BCUT2D eigenvalue weighted by molar-refractivity contribution is 6.06. The van der Waals surface area contributed by atoms with Gasteiger partial charge in [0.25, 0.3) is 0 Å². The summed E-state index contributed by atoms with van der Waals surface area (Å²) in [7, 11) is 0. The normalized spacial score (nSPS) is 13.8. The molecule has 0 saturated heterocycles. The first-order valence-corrected chi connectivity index (χ1v) is 6.36. The van der Waals surface area contributed by atoms with Gasteiger partial charge in [-0.1, -0.05) is 0 Å². The Morgan fingerprint density at radius 3 is 3.00 bits per heavy atom. The minimum Gasteiger partial charge on any atom is -0.461 e. The van der Waals surface area contributed by atoms with Crippen LogP contribution in [0.25, 0.3) is 0 Å². The molecule has 0 amide bonds. The molecule has 0 fully saturated rings. The topological polar surface area (TPSA) is 85.0 Å². The van der Waals surface area contributed by atoms with Crippen LogP contribution in [0.1, 0.15) is 52.7 Å². The van der Waals surface area contributed by atoms with E-state index in [1.807, 2.05) is 6.07 Å². The lowest BCUT2D eigenvalue weighted by molar-refractivity contribution is 0.0515. The van der Waals surface area contributed by atoms with E-state index in [0.29, 0.717) is 31.4 Å². The number of Topliss-reactive ketones (excluding diaryl/α,β-unsaturated/α-hetero) is 1. The van der Waals surface area contributed by atoms with E-state index in [0.717, 1.165) is 12.1 Å². The number of rotatable bonds is 4. The fraction of sp³-hybridized carbons (Fsp3) is 0.538. The third kappa shape index (κ3) is 2.50. The van der Waals surface area contributed by atoms with Crippen molar-refractivity contribution in [1.29, 1.82) is 5.26 Å². The zero-order valence-corrected chi connectivity index (χ0v) is 10.8. The molecular formula is C13H15N3O3. The van der Waals surface area contributed by atoms with Gasteiger partial charge in [-0.15, -0.1) is 0 Å². The maximum Gasteiger partial charge on any atom is 0.359 e. The number of hydrogen-bond donors (Lipinski definition) is 0. The standard InChI is InChI=1S/C13H15N3O3/c1-2-19-13(18)12-11-9(5-3-6-10(11)17)16(15-12)8-4-7-14/h2-6,8H2,1H3. The SMILES string of the molecule is CCOC(=O)c1nn(CCC#N)c2c1C(=O)CCC2. The summed E-state index contributed by atoms with van der Waals surface area (Å²) >= 11 is 0. The van der Waals surface area contributed by atoms with Crippen LogP contribution in [0, 0.1) is 11.3 Å². The molecule has 0 aliphatic heterocycles. The lowest BCUT2D eigenvalue weighted by Gasteiger charge is -2.12. The van der Waals surface area contributed by atoms with Crippen molar-refractivity contribution in [3.8, 4) is 6.07 Å². The predicted molar refractivity (Wildman–Crippen MR) is 65.7 cm³/mol. The van der Waals surface area contributed by atoms with Crippen molar-refractivity contribution in [2.75, 3.05) is 6.61 Å². The van der Waals surface area contributed by atoms with E-state index in [1.54, 1.807) is 11.6 Å². The minimum atomic E-state index is -0.565. The summed E-state index contributed by atoms with van der Waals surface area (Å²) < 4.78 is 6.53. The van der Waals surface area contributed by atoms with Crippen molar-refractivity contribution in [3.63, 3.8) is 0 Å². The number of fused-ring (bicyclic) bond motifs is 1. The van der Waals surface area contributed by atoms with Gasteiger partial charge in [-0.05, 0) is 19.8 Å². The van der Waals surface area contributed by atoms with Crippen LogP contribution in [0.3, 0.4) is 0 Å². The third-order valence-corrected chi connectivity index (χ3v) is 3.06. The molecule has 0 aromatic carbocycles. The summed E-state index contributed by atoms with van der Waals surface area (Å²) in [6, 6.07) is 2.04. The Hall–Kier alpha value is -2.16. The molecule has 1 aliphatic carbocycles. The van der Waals surface area contributed by atoms with E-state index in [9.17, 15) is 9.59 Å². The van der Waals surface area contributed by atoms with Crippen LogP contribution in [-0.4, -0.2) is 28.1 Å². The zero-order chi connectivity index (χ0) is 13.8. The molecular weight excluding hydrogens is 246 g/mol. The lowest BCUT2D eigenvalue weighted by Crippen LogP contribution is -2.16. The molecule has 1 heterocycles. The number of aryl methyl sites for hydroxylation is 1.